The van der Waals surface area contributed by atoms with Gasteiger partial charge in [0.2, 0.25) is 11.8 Å². The standard InChI is InChI=1S/C17H25ClN4O2/c1-22(13-7-11-3-2-4-12(8-13)19-11)17-20-15(18)9-16(21-17)24-14-5-6-23-10-14/h9,11-14,19H,2-8,10H2,1H3/t11-,12+,13?,14-/m1/s1. The fraction of sp³-hybridized carbons (Fsp3) is 0.765. The lowest BCUT2D eigenvalue weighted by Gasteiger charge is -2.43. The average Bonchev–Trinajstić information content (AvgIpc) is 3.06. The molecule has 0 saturated carbocycles. The molecule has 1 aromatic rings. The van der Waals surface area contributed by atoms with Gasteiger partial charge in [0, 0.05) is 37.7 Å². The van der Waals surface area contributed by atoms with Crippen LogP contribution in [0, 0.1) is 0 Å². The Balaban J connectivity index is 1.48. The van der Waals surface area contributed by atoms with Crippen LogP contribution in [0.1, 0.15) is 38.5 Å². The second-order valence-electron chi connectivity index (χ2n) is 7.16. The Morgan fingerprint density at radius 1 is 1.25 bits per heavy atom. The second-order valence-corrected chi connectivity index (χ2v) is 7.55. The van der Waals surface area contributed by atoms with Crippen molar-refractivity contribution >= 4 is 17.5 Å². The molecule has 4 atom stereocenters. The van der Waals surface area contributed by atoms with Gasteiger partial charge in [0.25, 0.3) is 0 Å². The second kappa shape index (κ2) is 7.02. The first kappa shape index (κ1) is 16.4. The summed E-state index contributed by atoms with van der Waals surface area (Å²) in [5, 5.41) is 4.15. The fourth-order valence-corrected chi connectivity index (χ4v) is 4.26. The molecule has 1 unspecified atom stereocenters. The van der Waals surface area contributed by atoms with Gasteiger partial charge < -0.3 is 19.7 Å². The van der Waals surface area contributed by atoms with Crippen LogP contribution in [-0.4, -0.2) is 54.5 Å². The summed E-state index contributed by atoms with van der Waals surface area (Å²) in [4.78, 5) is 11.2. The molecule has 0 spiro atoms. The number of rotatable bonds is 4. The Bertz CT molecular complexity index is 570. The van der Waals surface area contributed by atoms with Crippen molar-refractivity contribution in [3.05, 3.63) is 11.2 Å². The molecule has 1 N–H and O–H groups in total. The van der Waals surface area contributed by atoms with Crippen molar-refractivity contribution in [2.75, 3.05) is 25.2 Å². The van der Waals surface area contributed by atoms with E-state index in [1.165, 1.54) is 19.3 Å². The van der Waals surface area contributed by atoms with E-state index < -0.39 is 0 Å². The van der Waals surface area contributed by atoms with E-state index in [0.717, 1.165) is 25.9 Å². The number of ether oxygens (including phenoxy) is 2. The Morgan fingerprint density at radius 2 is 2.04 bits per heavy atom. The van der Waals surface area contributed by atoms with Crippen LogP contribution >= 0.6 is 11.6 Å². The summed E-state index contributed by atoms with van der Waals surface area (Å²) in [6.07, 6.45) is 7.11. The van der Waals surface area contributed by atoms with Gasteiger partial charge in [-0.3, -0.25) is 0 Å². The van der Waals surface area contributed by atoms with Crippen LogP contribution < -0.4 is 15.0 Å². The minimum atomic E-state index is 0.0624. The molecule has 3 saturated heterocycles. The highest BCUT2D eigenvalue weighted by Crippen LogP contribution is 2.30. The number of halogens is 1. The highest BCUT2D eigenvalue weighted by Gasteiger charge is 2.34. The molecular formula is C17H25ClN4O2. The highest BCUT2D eigenvalue weighted by atomic mass is 35.5. The van der Waals surface area contributed by atoms with Gasteiger partial charge in [-0.05, 0) is 25.7 Å². The van der Waals surface area contributed by atoms with Gasteiger partial charge in [0.05, 0.1) is 13.2 Å². The van der Waals surface area contributed by atoms with E-state index in [2.05, 4.69) is 27.2 Å². The summed E-state index contributed by atoms with van der Waals surface area (Å²) >= 11 is 6.21. The lowest BCUT2D eigenvalue weighted by Crippen LogP contribution is -2.54. The summed E-state index contributed by atoms with van der Waals surface area (Å²) in [6.45, 7) is 1.36. The normalized spacial score (nSPS) is 32.6. The Labute approximate surface area is 147 Å². The van der Waals surface area contributed by atoms with E-state index >= 15 is 0 Å². The van der Waals surface area contributed by atoms with E-state index in [0.29, 0.717) is 41.7 Å². The number of anilines is 1. The molecular weight excluding hydrogens is 328 g/mol. The van der Waals surface area contributed by atoms with Gasteiger partial charge >= 0.3 is 0 Å². The maximum Gasteiger partial charge on any atom is 0.230 e. The van der Waals surface area contributed by atoms with Gasteiger partial charge in [0.15, 0.2) is 0 Å². The third kappa shape index (κ3) is 3.60. The largest absolute Gasteiger partial charge is 0.472 e. The first-order valence-corrected chi connectivity index (χ1v) is 9.33. The van der Waals surface area contributed by atoms with Crippen molar-refractivity contribution < 1.29 is 9.47 Å². The number of piperidine rings is 2. The summed E-state index contributed by atoms with van der Waals surface area (Å²) in [5.41, 5.74) is 0. The fourth-order valence-electron chi connectivity index (χ4n) is 4.10. The molecule has 3 aliphatic rings. The molecule has 4 rings (SSSR count). The monoisotopic (exact) mass is 352 g/mol. The van der Waals surface area contributed by atoms with Gasteiger partial charge in [-0.15, -0.1) is 0 Å². The summed E-state index contributed by atoms with van der Waals surface area (Å²) in [7, 11) is 2.07. The van der Waals surface area contributed by atoms with Crippen LogP contribution in [0.4, 0.5) is 5.95 Å². The van der Waals surface area contributed by atoms with Crippen molar-refractivity contribution in [3.8, 4) is 5.88 Å². The van der Waals surface area contributed by atoms with E-state index in [1.807, 2.05) is 0 Å². The van der Waals surface area contributed by atoms with Gasteiger partial charge in [-0.1, -0.05) is 18.0 Å². The molecule has 3 aliphatic heterocycles. The molecule has 132 valence electrons. The number of aromatic nitrogens is 2. The molecule has 24 heavy (non-hydrogen) atoms. The topological polar surface area (TPSA) is 59.5 Å². The van der Waals surface area contributed by atoms with Crippen LogP contribution in [0.3, 0.4) is 0 Å². The van der Waals surface area contributed by atoms with Crippen LogP contribution in [0.15, 0.2) is 6.07 Å². The van der Waals surface area contributed by atoms with Crippen LogP contribution in [0.2, 0.25) is 5.15 Å². The third-order valence-corrected chi connectivity index (χ3v) is 5.58. The van der Waals surface area contributed by atoms with E-state index in [-0.39, 0.29) is 6.10 Å². The number of fused-ring (bicyclic) bond motifs is 2. The van der Waals surface area contributed by atoms with Crippen LogP contribution in [-0.2, 0) is 4.74 Å². The lowest BCUT2D eigenvalue weighted by atomic mass is 9.83. The van der Waals surface area contributed by atoms with Crippen molar-refractivity contribution in [2.45, 2.75) is 62.8 Å². The molecule has 0 aromatic carbocycles. The molecule has 0 radical (unpaired) electrons. The first-order valence-electron chi connectivity index (χ1n) is 8.95. The average molecular weight is 353 g/mol. The zero-order valence-corrected chi connectivity index (χ0v) is 14.8. The van der Waals surface area contributed by atoms with Crippen molar-refractivity contribution in [2.24, 2.45) is 0 Å². The minimum Gasteiger partial charge on any atom is -0.472 e. The quantitative estimate of drug-likeness (QED) is 0.840. The number of nitrogens with one attached hydrogen (secondary N) is 1. The number of hydrogen-bond acceptors (Lipinski definition) is 6. The lowest BCUT2D eigenvalue weighted by molar-refractivity contribution is 0.138. The molecule has 0 amide bonds. The van der Waals surface area contributed by atoms with Crippen LogP contribution in [0.25, 0.3) is 0 Å². The number of hydrogen-bond donors (Lipinski definition) is 1. The smallest absolute Gasteiger partial charge is 0.230 e. The number of nitrogens with zero attached hydrogens (tertiary/aromatic N) is 3. The van der Waals surface area contributed by atoms with Gasteiger partial charge in [-0.25, -0.2) is 4.98 Å². The predicted octanol–water partition coefficient (Wildman–Crippen LogP) is 2.41. The van der Waals surface area contributed by atoms with E-state index in [4.69, 9.17) is 21.1 Å². The molecule has 7 heteroatoms. The summed E-state index contributed by atoms with van der Waals surface area (Å²) in [5.74, 6) is 1.20. The molecule has 2 bridgehead atoms. The van der Waals surface area contributed by atoms with Gasteiger partial charge in [-0.2, -0.15) is 4.98 Å². The van der Waals surface area contributed by atoms with Gasteiger partial charge in [0.1, 0.15) is 11.3 Å². The van der Waals surface area contributed by atoms with Crippen molar-refractivity contribution in [3.63, 3.8) is 0 Å². The minimum absolute atomic E-state index is 0.0624. The Kier molecular flexibility index (Phi) is 4.79. The SMILES string of the molecule is CN(c1nc(Cl)cc(O[C@@H]2CCOC2)n1)C1C[C@H]2CCC[C@@H](C1)N2. The zero-order valence-electron chi connectivity index (χ0n) is 14.1. The molecule has 3 fully saturated rings. The predicted molar refractivity (Wildman–Crippen MR) is 92.9 cm³/mol. The maximum absolute atomic E-state index is 6.21. The van der Waals surface area contributed by atoms with E-state index in [1.54, 1.807) is 6.07 Å². The first-order chi connectivity index (χ1) is 11.7. The zero-order chi connectivity index (χ0) is 16.5. The molecule has 1 aromatic heterocycles. The summed E-state index contributed by atoms with van der Waals surface area (Å²) in [6, 6.07) is 3.38. The van der Waals surface area contributed by atoms with Crippen LogP contribution in [0.5, 0.6) is 5.88 Å². The molecule has 0 aliphatic carbocycles. The summed E-state index contributed by atoms with van der Waals surface area (Å²) < 4.78 is 11.3. The van der Waals surface area contributed by atoms with Crippen molar-refractivity contribution in [1.29, 1.82) is 0 Å². The molecule has 6 nitrogen and oxygen atoms in total. The van der Waals surface area contributed by atoms with Crippen molar-refractivity contribution in [1.82, 2.24) is 15.3 Å². The molecule has 4 heterocycles. The maximum atomic E-state index is 6.21. The Morgan fingerprint density at radius 3 is 2.75 bits per heavy atom. The Hall–Kier alpha value is -1.11. The highest BCUT2D eigenvalue weighted by molar-refractivity contribution is 6.29. The third-order valence-electron chi connectivity index (χ3n) is 5.39. The van der Waals surface area contributed by atoms with E-state index in [9.17, 15) is 0 Å².